The van der Waals surface area contributed by atoms with Gasteiger partial charge in [-0.1, -0.05) is 56.0 Å². The van der Waals surface area contributed by atoms with Crippen molar-refractivity contribution < 1.29 is 28.6 Å². The average molecular weight is 396 g/mol. The number of methoxy groups -OCH3 is 2. The van der Waals surface area contributed by atoms with E-state index in [1.807, 2.05) is 30.3 Å². The van der Waals surface area contributed by atoms with Gasteiger partial charge in [0.1, 0.15) is 6.61 Å². The fourth-order valence-electron chi connectivity index (χ4n) is 2.48. The van der Waals surface area contributed by atoms with Crippen LogP contribution in [0.4, 0.5) is 4.79 Å². The van der Waals surface area contributed by atoms with E-state index in [4.69, 9.17) is 14.2 Å². The molecular formula is C19H29NO6Si. The zero-order valence-corrected chi connectivity index (χ0v) is 17.7. The molecule has 0 aliphatic rings. The Morgan fingerprint density at radius 1 is 1.04 bits per heavy atom. The van der Waals surface area contributed by atoms with E-state index in [-0.39, 0.29) is 19.4 Å². The minimum atomic E-state index is -1.56. The van der Waals surface area contributed by atoms with E-state index in [2.05, 4.69) is 25.0 Å². The van der Waals surface area contributed by atoms with Gasteiger partial charge in [0.25, 0.3) is 0 Å². The monoisotopic (exact) mass is 395 g/mol. The standard InChI is InChI=1S/C19H29NO6Si/c1-24-16(21)13-19(17(22)25-2,11-12-27(3,4)5)20-18(23)26-14-15-9-7-6-8-10-15/h6-10H,11-14H2,1-5H3,(H,20,23)/t19-/m1/s1. The van der Waals surface area contributed by atoms with E-state index in [1.54, 1.807) is 0 Å². The molecule has 0 saturated heterocycles. The molecule has 0 saturated carbocycles. The molecule has 0 aliphatic heterocycles. The van der Waals surface area contributed by atoms with Crippen molar-refractivity contribution in [2.24, 2.45) is 0 Å². The van der Waals surface area contributed by atoms with Crippen LogP contribution in [-0.2, 0) is 30.4 Å². The number of alkyl carbamates (subject to hydrolysis) is 1. The van der Waals surface area contributed by atoms with Gasteiger partial charge in [0, 0.05) is 8.07 Å². The van der Waals surface area contributed by atoms with Crippen LogP contribution in [0, 0.1) is 0 Å². The Kier molecular flexibility index (Phi) is 8.49. The predicted octanol–water partition coefficient (Wildman–Crippen LogP) is 3.12. The molecule has 1 aromatic carbocycles. The molecule has 8 heteroatoms. The molecule has 0 bridgehead atoms. The largest absolute Gasteiger partial charge is 0.469 e. The lowest BCUT2D eigenvalue weighted by Crippen LogP contribution is -2.57. The first kappa shape index (κ1) is 22.7. The number of ether oxygens (including phenoxy) is 3. The van der Waals surface area contributed by atoms with Gasteiger partial charge in [0.2, 0.25) is 0 Å². The molecule has 0 spiro atoms. The number of benzene rings is 1. The SMILES string of the molecule is COC(=O)C[C@@](CC[Si](C)(C)C)(NC(=O)OCc1ccccc1)C(=O)OC. The summed E-state index contributed by atoms with van der Waals surface area (Å²) in [6.07, 6.45) is -0.838. The second-order valence-electron chi connectivity index (χ2n) is 7.57. The second-order valence-corrected chi connectivity index (χ2v) is 13.2. The zero-order chi connectivity index (χ0) is 20.5. The highest BCUT2D eigenvalue weighted by molar-refractivity contribution is 6.76. The van der Waals surface area contributed by atoms with E-state index in [0.29, 0.717) is 6.04 Å². The lowest BCUT2D eigenvalue weighted by molar-refractivity contribution is -0.155. The molecule has 1 rings (SSSR count). The van der Waals surface area contributed by atoms with Crippen LogP contribution in [0.15, 0.2) is 30.3 Å². The molecule has 27 heavy (non-hydrogen) atoms. The van der Waals surface area contributed by atoms with E-state index in [9.17, 15) is 14.4 Å². The molecule has 1 N–H and O–H groups in total. The zero-order valence-electron chi connectivity index (χ0n) is 16.7. The number of hydrogen-bond donors (Lipinski definition) is 1. The van der Waals surface area contributed by atoms with E-state index in [1.165, 1.54) is 14.2 Å². The lowest BCUT2D eigenvalue weighted by Gasteiger charge is -2.32. The van der Waals surface area contributed by atoms with Gasteiger partial charge in [0.05, 0.1) is 20.6 Å². The summed E-state index contributed by atoms with van der Waals surface area (Å²) >= 11 is 0. The Labute approximate surface area is 161 Å². The van der Waals surface area contributed by atoms with Crippen molar-refractivity contribution in [2.45, 2.75) is 50.7 Å². The van der Waals surface area contributed by atoms with Crippen molar-refractivity contribution in [3.63, 3.8) is 0 Å². The number of esters is 2. The smallest absolute Gasteiger partial charge is 0.408 e. The number of rotatable bonds is 9. The van der Waals surface area contributed by atoms with Gasteiger partial charge in [-0.3, -0.25) is 4.79 Å². The quantitative estimate of drug-likeness (QED) is 0.392. The molecule has 0 unspecified atom stereocenters. The van der Waals surface area contributed by atoms with Gasteiger partial charge in [-0.15, -0.1) is 0 Å². The predicted molar refractivity (Wildman–Crippen MR) is 104 cm³/mol. The molecule has 0 aliphatic carbocycles. The van der Waals surface area contributed by atoms with Crippen molar-refractivity contribution >= 4 is 26.1 Å². The third-order valence-electron chi connectivity index (χ3n) is 4.11. The third-order valence-corrected chi connectivity index (χ3v) is 5.86. The van der Waals surface area contributed by atoms with Gasteiger partial charge in [0.15, 0.2) is 5.54 Å². The average Bonchev–Trinajstić information content (AvgIpc) is 2.63. The van der Waals surface area contributed by atoms with Gasteiger partial charge in [-0.25, -0.2) is 9.59 Å². The maximum absolute atomic E-state index is 12.5. The summed E-state index contributed by atoms with van der Waals surface area (Å²) in [6, 6.07) is 9.87. The molecule has 0 heterocycles. The number of carbonyl (C=O) groups excluding carboxylic acids is 3. The molecule has 150 valence electrons. The van der Waals surface area contributed by atoms with Crippen molar-refractivity contribution in [1.82, 2.24) is 5.32 Å². The molecule has 0 fully saturated rings. The molecule has 7 nitrogen and oxygen atoms in total. The fraction of sp³-hybridized carbons (Fsp3) is 0.526. The van der Waals surface area contributed by atoms with Crippen LogP contribution in [0.3, 0.4) is 0 Å². The molecular weight excluding hydrogens is 366 g/mol. The van der Waals surface area contributed by atoms with Gasteiger partial charge < -0.3 is 19.5 Å². The Balaban J connectivity index is 2.96. The van der Waals surface area contributed by atoms with Gasteiger partial charge in [-0.05, 0) is 12.0 Å². The Morgan fingerprint density at radius 3 is 2.19 bits per heavy atom. The Bertz CT molecular complexity index is 643. The third kappa shape index (κ3) is 7.82. The first-order valence-corrected chi connectivity index (χ1v) is 12.5. The molecule has 0 aromatic heterocycles. The van der Waals surface area contributed by atoms with Crippen LogP contribution in [0.5, 0.6) is 0 Å². The maximum atomic E-state index is 12.5. The van der Waals surface area contributed by atoms with Crippen LogP contribution in [-0.4, -0.2) is 45.9 Å². The van der Waals surface area contributed by atoms with Crippen molar-refractivity contribution in [1.29, 1.82) is 0 Å². The molecule has 1 amide bonds. The highest BCUT2D eigenvalue weighted by Gasteiger charge is 2.44. The summed E-state index contributed by atoms with van der Waals surface area (Å²) in [5.41, 5.74) is -0.706. The van der Waals surface area contributed by atoms with Crippen LogP contribution in [0.25, 0.3) is 0 Å². The summed E-state index contributed by atoms with van der Waals surface area (Å²) in [5, 5.41) is 2.57. The van der Waals surface area contributed by atoms with E-state index < -0.39 is 31.6 Å². The number of carbonyl (C=O) groups is 3. The summed E-state index contributed by atoms with van der Waals surface area (Å²) in [5.74, 6) is -1.30. The van der Waals surface area contributed by atoms with Crippen LogP contribution >= 0.6 is 0 Å². The van der Waals surface area contributed by atoms with Crippen molar-refractivity contribution in [3.8, 4) is 0 Å². The van der Waals surface area contributed by atoms with Crippen molar-refractivity contribution in [2.75, 3.05) is 14.2 Å². The summed E-state index contributed by atoms with van der Waals surface area (Å²) in [7, 11) is 0.894. The maximum Gasteiger partial charge on any atom is 0.408 e. The van der Waals surface area contributed by atoms with Gasteiger partial charge >= 0.3 is 18.0 Å². The Hall–Kier alpha value is -2.35. The van der Waals surface area contributed by atoms with Crippen molar-refractivity contribution in [3.05, 3.63) is 35.9 Å². The summed E-state index contributed by atoms with van der Waals surface area (Å²) in [6.45, 7) is 6.47. The highest BCUT2D eigenvalue weighted by Crippen LogP contribution is 2.25. The lowest BCUT2D eigenvalue weighted by atomic mass is 9.92. The topological polar surface area (TPSA) is 90.9 Å². The number of nitrogens with one attached hydrogen (secondary N) is 1. The highest BCUT2D eigenvalue weighted by atomic mass is 28.3. The molecule has 1 aromatic rings. The first-order chi connectivity index (χ1) is 12.6. The number of hydrogen-bond acceptors (Lipinski definition) is 6. The first-order valence-electron chi connectivity index (χ1n) is 8.76. The molecule has 1 atom stereocenters. The van der Waals surface area contributed by atoms with Gasteiger partial charge in [-0.2, -0.15) is 0 Å². The Morgan fingerprint density at radius 2 is 1.67 bits per heavy atom. The molecule has 0 radical (unpaired) electrons. The van der Waals surface area contributed by atoms with Crippen LogP contribution in [0.1, 0.15) is 18.4 Å². The normalized spacial score (nSPS) is 13.2. The second kappa shape index (κ2) is 10.1. The summed E-state index contributed by atoms with van der Waals surface area (Å²) in [4.78, 5) is 36.8. The fourth-order valence-corrected chi connectivity index (χ4v) is 3.65. The number of amides is 1. The summed E-state index contributed by atoms with van der Waals surface area (Å²) < 4.78 is 14.8. The minimum Gasteiger partial charge on any atom is -0.469 e. The minimum absolute atomic E-state index is 0.0518. The van der Waals surface area contributed by atoms with Crippen LogP contribution < -0.4 is 5.32 Å². The van der Waals surface area contributed by atoms with Crippen LogP contribution in [0.2, 0.25) is 25.7 Å². The van der Waals surface area contributed by atoms with E-state index >= 15 is 0 Å². The van der Waals surface area contributed by atoms with E-state index in [0.717, 1.165) is 5.56 Å².